The largest absolute Gasteiger partial charge is 0.484 e. The third-order valence-corrected chi connectivity index (χ3v) is 5.00. The lowest BCUT2D eigenvalue weighted by molar-refractivity contribution is 0.264. The van der Waals surface area contributed by atoms with Crippen molar-refractivity contribution < 1.29 is 17.6 Å². The molecule has 0 bridgehead atoms. The minimum atomic E-state index is -3.29. The van der Waals surface area contributed by atoms with E-state index in [2.05, 4.69) is 10.2 Å². The van der Waals surface area contributed by atoms with Gasteiger partial charge in [-0.2, -0.15) is 0 Å². The molecule has 0 unspecified atom stereocenters. The first-order valence-corrected chi connectivity index (χ1v) is 9.74. The molecule has 0 fully saturated rings. The normalized spacial score (nSPS) is 11.3. The summed E-state index contributed by atoms with van der Waals surface area (Å²) in [5.41, 5.74) is 2.52. The number of sulfonamides is 1. The molecular weight excluding hydrogens is 354 g/mol. The van der Waals surface area contributed by atoms with E-state index in [-0.39, 0.29) is 6.61 Å². The van der Waals surface area contributed by atoms with Crippen LogP contribution in [-0.2, 0) is 16.6 Å². The topological polar surface area (TPSA) is 85.5 Å². The summed E-state index contributed by atoms with van der Waals surface area (Å²) in [6.07, 6.45) is 1.15. The molecule has 1 aromatic heterocycles. The van der Waals surface area contributed by atoms with Gasteiger partial charge in [0.2, 0.25) is 15.9 Å². The Hall–Kier alpha value is -2.87. The Morgan fingerprint density at radius 3 is 2.50 bits per heavy atom. The van der Waals surface area contributed by atoms with E-state index in [0.717, 1.165) is 17.4 Å². The van der Waals surface area contributed by atoms with Crippen LogP contribution in [0.2, 0.25) is 0 Å². The molecule has 7 nitrogen and oxygen atoms in total. The van der Waals surface area contributed by atoms with Gasteiger partial charge in [0, 0.05) is 12.6 Å². The zero-order chi connectivity index (χ0) is 18.7. The zero-order valence-electron chi connectivity index (χ0n) is 14.7. The Balaban J connectivity index is 1.65. The van der Waals surface area contributed by atoms with Gasteiger partial charge >= 0.3 is 0 Å². The number of benzene rings is 2. The molecule has 0 saturated carbocycles. The molecule has 0 atom stereocenters. The number of aromatic nitrogens is 2. The maximum atomic E-state index is 11.5. The van der Waals surface area contributed by atoms with Crippen molar-refractivity contribution in [1.82, 2.24) is 10.2 Å². The van der Waals surface area contributed by atoms with Crippen LogP contribution in [0, 0.1) is 6.92 Å². The van der Waals surface area contributed by atoms with Gasteiger partial charge in [0.15, 0.2) is 6.61 Å². The first-order chi connectivity index (χ1) is 12.3. The highest BCUT2D eigenvalue weighted by atomic mass is 32.2. The Kier molecular flexibility index (Phi) is 4.94. The summed E-state index contributed by atoms with van der Waals surface area (Å²) in [4.78, 5) is 0. The third-order valence-electron chi connectivity index (χ3n) is 3.79. The average molecular weight is 373 g/mol. The van der Waals surface area contributed by atoms with Crippen molar-refractivity contribution in [3.63, 3.8) is 0 Å². The Morgan fingerprint density at radius 1 is 1.12 bits per heavy atom. The summed E-state index contributed by atoms with van der Waals surface area (Å²) in [5.74, 6) is 1.38. The van der Waals surface area contributed by atoms with E-state index in [1.54, 1.807) is 24.3 Å². The third kappa shape index (κ3) is 4.20. The highest BCUT2D eigenvalue weighted by molar-refractivity contribution is 7.92. The molecule has 3 aromatic rings. The van der Waals surface area contributed by atoms with Gasteiger partial charge in [-0.25, -0.2) is 8.42 Å². The summed E-state index contributed by atoms with van der Waals surface area (Å²) >= 11 is 0. The van der Waals surface area contributed by atoms with Crippen LogP contribution < -0.4 is 9.04 Å². The van der Waals surface area contributed by atoms with Gasteiger partial charge in [0.05, 0.1) is 11.9 Å². The van der Waals surface area contributed by atoms with Crippen LogP contribution in [0.4, 0.5) is 5.69 Å². The fourth-order valence-electron chi connectivity index (χ4n) is 2.30. The number of hydrogen-bond donors (Lipinski definition) is 0. The number of nitrogens with zero attached hydrogens (tertiary/aromatic N) is 3. The van der Waals surface area contributed by atoms with Gasteiger partial charge in [0.25, 0.3) is 5.89 Å². The maximum absolute atomic E-state index is 11.5. The molecule has 8 heteroatoms. The predicted molar refractivity (Wildman–Crippen MR) is 98.5 cm³/mol. The van der Waals surface area contributed by atoms with Gasteiger partial charge < -0.3 is 9.15 Å². The molecular formula is C18H19N3O4S. The molecule has 0 aliphatic rings. The van der Waals surface area contributed by atoms with Crippen molar-refractivity contribution in [1.29, 1.82) is 0 Å². The van der Waals surface area contributed by atoms with Gasteiger partial charge in [-0.15, -0.1) is 10.2 Å². The van der Waals surface area contributed by atoms with Crippen molar-refractivity contribution in [2.45, 2.75) is 13.5 Å². The Bertz CT molecular complexity index is 997. The van der Waals surface area contributed by atoms with E-state index in [4.69, 9.17) is 9.15 Å². The molecule has 0 spiro atoms. The quantitative estimate of drug-likeness (QED) is 0.660. The van der Waals surface area contributed by atoms with E-state index >= 15 is 0 Å². The fraction of sp³-hybridized carbons (Fsp3) is 0.222. The standard InChI is InChI=1S/C18H19N3O4S/c1-13-5-4-6-14(11-13)18-20-19-17(25-18)12-24-16-9-7-15(8-10-16)21(2)26(3,22)23/h4-11H,12H2,1-3H3. The summed E-state index contributed by atoms with van der Waals surface area (Å²) in [6.45, 7) is 2.12. The smallest absolute Gasteiger partial charge is 0.254 e. The van der Waals surface area contributed by atoms with E-state index in [1.807, 2.05) is 31.2 Å². The molecule has 0 aliphatic heterocycles. The van der Waals surface area contributed by atoms with Crippen LogP contribution in [0.25, 0.3) is 11.5 Å². The SMILES string of the molecule is Cc1cccc(-c2nnc(COc3ccc(N(C)S(C)(=O)=O)cc3)o2)c1. The Labute approximate surface area is 152 Å². The van der Waals surface area contributed by atoms with Crippen molar-refractivity contribution in [3.05, 3.63) is 60.0 Å². The number of hydrogen-bond acceptors (Lipinski definition) is 6. The summed E-state index contributed by atoms with van der Waals surface area (Å²) in [6, 6.07) is 14.5. The van der Waals surface area contributed by atoms with Gasteiger partial charge in [-0.1, -0.05) is 17.7 Å². The molecule has 2 aromatic carbocycles. The van der Waals surface area contributed by atoms with E-state index in [9.17, 15) is 8.42 Å². The van der Waals surface area contributed by atoms with Crippen LogP contribution in [-0.4, -0.2) is 31.9 Å². The van der Waals surface area contributed by atoms with Gasteiger partial charge in [-0.05, 0) is 43.3 Å². The minimum Gasteiger partial charge on any atom is -0.484 e. The molecule has 0 saturated heterocycles. The summed E-state index contributed by atoms with van der Waals surface area (Å²) in [7, 11) is -1.79. The molecule has 0 radical (unpaired) electrons. The molecule has 0 N–H and O–H groups in total. The molecule has 1 heterocycles. The molecule has 0 amide bonds. The lowest BCUT2D eigenvalue weighted by Crippen LogP contribution is -2.24. The second-order valence-corrected chi connectivity index (χ2v) is 7.90. The fourth-order valence-corrected chi connectivity index (χ4v) is 2.80. The van der Waals surface area contributed by atoms with E-state index in [0.29, 0.717) is 23.2 Å². The Morgan fingerprint density at radius 2 is 1.85 bits per heavy atom. The predicted octanol–water partition coefficient (Wildman–Crippen LogP) is 3.02. The highest BCUT2D eigenvalue weighted by Crippen LogP contribution is 2.22. The van der Waals surface area contributed by atoms with E-state index < -0.39 is 10.0 Å². The molecule has 26 heavy (non-hydrogen) atoms. The van der Waals surface area contributed by atoms with Crippen molar-refractivity contribution >= 4 is 15.7 Å². The second-order valence-electron chi connectivity index (χ2n) is 5.88. The first kappa shape index (κ1) is 17.9. The van der Waals surface area contributed by atoms with Gasteiger partial charge in [-0.3, -0.25) is 4.31 Å². The van der Waals surface area contributed by atoms with Crippen molar-refractivity contribution in [3.8, 4) is 17.2 Å². The van der Waals surface area contributed by atoms with Crippen LogP contribution >= 0.6 is 0 Å². The van der Waals surface area contributed by atoms with Crippen molar-refractivity contribution in [2.75, 3.05) is 17.6 Å². The van der Waals surface area contributed by atoms with Crippen LogP contribution in [0.15, 0.2) is 52.9 Å². The molecule has 3 rings (SSSR count). The average Bonchev–Trinajstić information content (AvgIpc) is 3.08. The lowest BCUT2D eigenvalue weighted by atomic mass is 10.1. The van der Waals surface area contributed by atoms with Gasteiger partial charge in [0.1, 0.15) is 5.75 Å². The van der Waals surface area contributed by atoms with E-state index in [1.165, 1.54) is 11.4 Å². The number of rotatable bonds is 6. The number of ether oxygens (including phenoxy) is 1. The molecule has 0 aliphatic carbocycles. The number of aryl methyl sites for hydroxylation is 1. The minimum absolute atomic E-state index is 0.125. The molecule has 136 valence electrons. The number of anilines is 1. The van der Waals surface area contributed by atoms with Crippen LogP contribution in [0.3, 0.4) is 0 Å². The zero-order valence-corrected chi connectivity index (χ0v) is 15.5. The lowest BCUT2D eigenvalue weighted by Gasteiger charge is -2.16. The second kappa shape index (κ2) is 7.17. The summed E-state index contributed by atoms with van der Waals surface area (Å²) < 4.78 is 35.5. The maximum Gasteiger partial charge on any atom is 0.254 e. The van der Waals surface area contributed by atoms with Crippen LogP contribution in [0.5, 0.6) is 5.75 Å². The highest BCUT2D eigenvalue weighted by Gasteiger charge is 2.12. The van der Waals surface area contributed by atoms with Crippen LogP contribution in [0.1, 0.15) is 11.5 Å². The monoisotopic (exact) mass is 373 g/mol. The van der Waals surface area contributed by atoms with Crippen molar-refractivity contribution in [2.24, 2.45) is 0 Å². The summed E-state index contributed by atoms with van der Waals surface area (Å²) in [5, 5.41) is 8.02. The first-order valence-electron chi connectivity index (χ1n) is 7.89.